The molecule has 2 aromatic rings. The van der Waals surface area contributed by atoms with Gasteiger partial charge in [0.25, 0.3) is 0 Å². The molecule has 0 saturated heterocycles. The van der Waals surface area contributed by atoms with E-state index in [1.165, 1.54) is 22.3 Å². The van der Waals surface area contributed by atoms with Crippen molar-refractivity contribution in [2.75, 3.05) is 0 Å². The first kappa shape index (κ1) is 16.1. The van der Waals surface area contributed by atoms with Crippen LogP contribution in [0.15, 0.2) is 72.8 Å². The Balaban J connectivity index is 2.16. The average Bonchev–Trinajstić information content (AvgIpc) is 3.13. The van der Waals surface area contributed by atoms with Gasteiger partial charge in [0.15, 0.2) is 0 Å². The maximum absolute atomic E-state index is 5.22. The van der Waals surface area contributed by atoms with Crippen LogP contribution in [0.3, 0.4) is 0 Å². The number of hydrogen-bond donors (Lipinski definition) is 0. The molecule has 24 heavy (non-hydrogen) atoms. The van der Waals surface area contributed by atoms with Gasteiger partial charge in [0.05, 0.1) is 0 Å². The van der Waals surface area contributed by atoms with E-state index in [4.69, 9.17) is 4.26 Å². The Morgan fingerprint density at radius 2 is 1.12 bits per heavy atom. The molecule has 4 rings (SSSR count). The Hall–Kier alpha value is -1.34. The van der Waals surface area contributed by atoms with Gasteiger partial charge < -0.3 is 0 Å². The van der Waals surface area contributed by atoms with Crippen LogP contribution in [-0.4, -0.2) is 4.26 Å². The van der Waals surface area contributed by atoms with Crippen molar-refractivity contribution in [1.82, 2.24) is 0 Å². The van der Waals surface area contributed by atoms with Crippen LogP contribution in [0, 0.1) is 0 Å². The Morgan fingerprint density at radius 3 is 1.58 bits per heavy atom. The van der Waals surface area contributed by atoms with Gasteiger partial charge in [0.1, 0.15) is 0 Å². The van der Waals surface area contributed by atoms with Crippen molar-refractivity contribution in [3.05, 3.63) is 84.0 Å². The van der Waals surface area contributed by atoms with Gasteiger partial charge in [0, 0.05) is 0 Å². The van der Waals surface area contributed by atoms with Crippen molar-refractivity contribution in [1.29, 1.82) is 0 Å². The molecule has 2 aromatic carbocycles. The fourth-order valence-corrected chi connectivity index (χ4v) is 28.5. The van der Waals surface area contributed by atoms with Crippen LogP contribution in [0.1, 0.15) is 14.8 Å². The number of benzene rings is 2. The predicted octanol–water partition coefficient (Wildman–Crippen LogP) is 7.06. The van der Waals surface area contributed by atoms with Crippen molar-refractivity contribution < 1.29 is 15.1 Å². The summed E-state index contributed by atoms with van der Waals surface area (Å²) in [6, 6.07) is 17.9. The molecule has 0 heterocycles. The fourth-order valence-electron chi connectivity index (χ4n) is 5.44. The summed E-state index contributed by atoms with van der Waals surface area (Å²) in [6.45, 7) is 0. The number of fused-ring (bicyclic) bond motifs is 3. The molecule has 0 spiro atoms. The summed E-state index contributed by atoms with van der Waals surface area (Å²) >= 11 is -4.59. The zero-order valence-electron chi connectivity index (χ0n) is 15.3. The number of allylic oxidation sites excluding steroid dienone is 4. The molecule has 2 aliphatic carbocycles. The molecule has 0 atom stereocenters. The molecule has 124 valence electrons. The molecule has 0 aromatic heterocycles. The molecule has 1 heteroatoms. The minimum absolute atomic E-state index is 0.388. The second kappa shape index (κ2) is 3.75. The van der Waals surface area contributed by atoms with E-state index in [2.05, 4.69) is 91.6 Å². The summed E-state index contributed by atoms with van der Waals surface area (Å²) in [4.78, 5) is 0. The second-order valence-corrected chi connectivity index (χ2v) is 69.1. The molecule has 0 amide bonds. The van der Waals surface area contributed by atoms with Gasteiger partial charge in [-0.2, -0.15) is 0 Å². The van der Waals surface area contributed by atoms with Crippen LogP contribution in [-0.2, 0) is 15.1 Å². The third kappa shape index (κ3) is 1.97. The van der Waals surface area contributed by atoms with Crippen LogP contribution in [0.5, 0.6) is 0 Å². The quantitative estimate of drug-likeness (QED) is 0.402. The minimum atomic E-state index is -4.59. The summed E-state index contributed by atoms with van der Waals surface area (Å²) in [6.07, 6.45) is 9.19. The van der Waals surface area contributed by atoms with E-state index in [0.717, 1.165) is 0 Å². The van der Waals surface area contributed by atoms with Crippen molar-refractivity contribution >= 4 is 4.26 Å². The van der Waals surface area contributed by atoms with Crippen LogP contribution >= 0.6 is 0 Å². The van der Waals surface area contributed by atoms with Crippen LogP contribution < -0.4 is 0 Å². The number of rotatable bonds is 2. The van der Waals surface area contributed by atoms with Crippen LogP contribution in [0.2, 0.25) is 22.4 Å². The van der Waals surface area contributed by atoms with Gasteiger partial charge in [-0.05, 0) is 0 Å². The molecule has 0 saturated carbocycles. The molecular formula is C23H28Hf. The molecule has 0 fully saturated rings. The van der Waals surface area contributed by atoms with Gasteiger partial charge >= 0.3 is 141 Å². The Labute approximate surface area is 140 Å². The Bertz CT molecular complexity index is 978. The SMILES string of the molecule is [CH2]=[Hf]([CH3])([CH3])([CH3])([CH3])([CH]1C=CC=C1)[CH]1c2ccccc2-c2ccccc21. The first-order valence-corrected chi connectivity index (χ1v) is 30.1. The number of hydrogen-bond acceptors (Lipinski definition) is 0. The van der Waals surface area contributed by atoms with E-state index < -0.39 is 15.1 Å². The Kier molecular flexibility index (Phi) is 2.52. The molecule has 0 bridgehead atoms. The van der Waals surface area contributed by atoms with Gasteiger partial charge in [-0.15, -0.1) is 0 Å². The van der Waals surface area contributed by atoms with Gasteiger partial charge in [-0.1, -0.05) is 0 Å². The third-order valence-electron chi connectivity index (χ3n) is 6.87. The Morgan fingerprint density at radius 1 is 0.708 bits per heavy atom. The van der Waals surface area contributed by atoms with Crippen molar-refractivity contribution in [3.63, 3.8) is 0 Å². The van der Waals surface area contributed by atoms with Crippen LogP contribution in [0.25, 0.3) is 11.1 Å². The standard InChI is InChI=1S/C13H9.C5H5.4CH3.CH2.Hf/c1-3-7-12-10(5-1)9-11-6-2-4-8-13(11)12;1-2-4-5-3-1;;;;;;/h1-9H;1-5H;4*1H3;1H2;. The van der Waals surface area contributed by atoms with Gasteiger partial charge in [0.2, 0.25) is 0 Å². The molecule has 0 N–H and O–H groups in total. The van der Waals surface area contributed by atoms with E-state index >= 15 is 0 Å². The van der Waals surface area contributed by atoms with Crippen molar-refractivity contribution in [2.24, 2.45) is 0 Å². The predicted molar refractivity (Wildman–Crippen MR) is 106 cm³/mol. The monoisotopic (exact) mass is 484 g/mol. The van der Waals surface area contributed by atoms with E-state index in [1.54, 1.807) is 0 Å². The first-order chi connectivity index (χ1) is 10.9. The summed E-state index contributed by atoms with van der Waals surface area (Å²) < 4.78 is 16.3. The van der Waals surface area contributed by atoms with E-state index in [-0.39, 0.29) is 0 Å². The summed E-state index contributed by atoms with van der Waals surface area (Å²) in [5.41, 5.74) is 5.75. The zero-order valence-corrected chi connectivity index (χ0v) is 18.9. The average molecular weight is 483 g/mol. The van der Waals surface area contributed by atoms with E-state index in [1.807, 2.05) is 0 Å². The fraction of sp³-hybridized carbons (Fsp3) is 0.261. The van der Waals surface area contributed by atoms with Crippen LogP contribution in [0.4, 0.5) is 0 Å². The third-order valence-corrected chi connectivity index (χ3v) is 34.1. The van der Waals surface area contributed by atoms with E-state index in [0.29, 0.717) is 7.35 Å². The van der Waals surface area contributed by atoms with Gasteiger partial charge in [-0.3, -0.25) is 0 Å². The summed E-state index contributed by atoms with van der Waals surface area (Å²) in [7, 11) is 0. The normalized spacial score (nSPS) is 21.6. The van der Waals surface area contributed by atoms with E-state index in [9.17, 15) is 0 Å². The molecule has 0 aliphatic heterocycles. The van der Waals surface area contributed by atoms with Crippen molar-refractivity contribution in [2.45, 2.75) is 26.1 Å². The van der Waals surface area contributed by atoms with Gasteiger partial charge in [-0.25, -0.2) is 0 Å². The molecular weight excluding hydrogens is 455 g/mol. The summed E-state index contributed by atoms with van der Waals surface area (Å²) in [5.74, 6) is 0. The maximum atomic E-state index is 5.22. The van der Waals surface area contributed by atoms with Crippen molar-refractivity contribution in [3.8, 4) is 11.1 Å². The molecule has 0 nitrogen and oxygen atoms in total. The zero-order chi connectivity index (χ0) is 17.3. The molecule has 0 unspecified atom stereocenters. The summed E-state index contributed by atoms with van der Waals surface area (Å²) in [5, 5.41) is 0. The first-order valence-electron chi connectivity index (χ1n) is 9.08. The molecule has 0 radical (unpaired) electrons. The topological polar surface area (TPSA) is 0 Å². The second-order valence-electron chi connectivity index (χ2n) is 12.2. The molecule has 2 aliphatic rings.